The van der Waals surface area contributed by atoms with E-state index in [9.17, 15) is 4.79 Å². The summed E-state index contributed by atoms with van der Waals surface area (Å²) >= 11 is 0. The SMILES string of the molecule is Cc1cc(-c2cnc(N3CCCC3)nc2C2CCCN(C(=O)c3ccccn3)C2)on1. The molecule has 0 aromatic carbocycles. The van der Waals surface area contributed by atoms with Crippen molar-refractivity contribution in [2.45, 2.75) is 38.5 Å². The van der Waals surface area contributed by atoms with Crippen LogP contribution in [0.4, 0.5) is 5.95 Å². The van der Waals surface area contributed by atoms with E-state index in [1.807, 2.05) is 36.2 Å². The van der Waals surface area contributed by atoms with Gasteiger partial charge in [-0.2, -0.15) is 0 Å². The van der Waals surface area contributed by atoms with Crippen molar-refractivity contribution in [2.24, 2.45) is 0 Å². The van der Waals surface area contributed by atoms with E-state index in [1.165, 1.54) is 0 Å². The Morgan fingerprint density at radius 1 is 1.13 bits per heavy atom. The molecule has 8 nitrogen and oxygen atoms in total. The van der Waals surface area contributed by atoms with Crippen molar-refractivity contribution in [3.05, 3.63) is 53.7 Å². The number of nitrogens with zero attached hydrogens (tertiary/aromatic N) is 6. The second kappa shape index (κ2) is 8.45. The van der Waals surface area contributed by atoms with Crippen molar-refractivity contribution in [2.75, 3.05) is 31.1 Å². The molecule has 0 aliphatic carbocycles. The molecule has 2 aliphatic heterocycles. The van der Waals surface area contributed by atoms with Gasteiger partial charge in [0.25, 0.3) is 5.91 Å². The van der Waals surface area contributed by atoms with Gasteiger partial charge in [0.15, 0.2) is 5.76 Å². The Hall–Kier alpha value is -3.29. The van der Waals surface area contributed by atoms with Crippen molar-refractivity contribution in [1.82, 2.24) is 25.0 Å². The Balaban J connectivity index is 1.48. The Morgan fingerprint density at radius 3 is 2.74 bits per heavy atom. The zero-order valence-electron chi connectivity index (χ0n) is 17.7. The highest BCUT2D eigenvalue weighted by molar-refractivity contribution is 5.92. The molecule has 0 bridgehead atoms. The monoisotopic (exact) mass is 418 g/mol. The van der Waals surface area contributed by atoms with E-state index in [2.05, 4.69) is 20.0 Å². The summed E-state index contributed by atoms with van der Waals surface area (Å²) in [5, 5.41) is 4.05. The molecule has 2 fully saturated rings. The van der Waals surface area contributed by atoms with Gasteiger partial charge in [0.2, 0.25) is 5.95 Å². The molecular weight excluding hydrogens is 392 g/mol. The Labute approximate surface area is 181 Å². The van der Waals surface area contributed by atoms with Crippen LogP contribution in [-0.4, -0.2) is 57.1 Å². The minimum absolute atomic E-state index is 0.0313. The molecule has 0 radical (unpaired) electrons. The van der Waals surface area contributed by atoms with Gasteiger partial charge in [0.1, 0.15) is 5.69 Å². The number of aromatic nitrogens is 4. The van der Waals surface area contributed by atoms with E-state index < -0.39 is 0 Å². The third kappa shape index (κ3) is 4.02. The zero-order chi connectivity index (χ0) is 21.2. The molecule has 8 heteroatoms. The van der Waals surface area contributed by atoms with Gasteiger partial charge in [-0.1, -0.05) is 11.2 Å². The van der Waals surface area contributed by atoms with Crippen LogP contribution >= 0.6 is 0 Å². The minimum Gasteiger partial charge on any atom is -0.356 e. The summed E-state index contributed by atoms with van der Waals surface area (Å²) in [6, 6.07) is 7.35. The van der Waals surface area contributed by atoms with E-state index in [0.717, 1.165) is 68.2 Å². The van der Waals surface area contributed by atoms with Crippen LogP contribution < -0.4 is 4.90 Å². The van der Waals surface area contributed by atoms with Gasteiger partial charge in [0, 0.05) is 50.6 Å². The highest BCUT2D eigenvalue weighted by Gasteiger charge is 2.30. The predicted molar refractivity (Wildman–Crippen MR) is 116 cm³/mol. The summed E-state index contributed by atoms with van der Waals surface area (Å²) in [5.41, 5.74) is 3.10. The lowest BCUT2D eigenvalue weighted by atomic mass is 9.91. The minimum atomic E-state index is -0.0313. The quantitative estimate of drug-likeness (QED) is 0.641. The second-order valence-corrected chi connectivity index (χ2v) is 8.30. The molecule has 5 heterocycles. The van der Waals surface area contributed by atoms with Crippen LogP contribution in [0, 0.1) is 6.92 Å². The topological polar surface area (TPSA) is 88.3 Å². The maximum absolute atomic E-state index is 13.0. The van der Waals surface area contributed by atoms with Crippen LogP contribution in [0.5, 0.6) is 0 Å². The summed E-state index contributed by atoms with van der Waals surface area (Å²) in [5.74, 6) is 1.51. The number of likely N-dealkylation sites (tertiary alicyclic amines) is 1. The van der Waals surface area contributed by atoms with Crippen molar-refractivity contribution < 1.29 is 9.32 Å². The molecule has 0 N–H and O–H groups in total. The maximum atomic E-state index is 13.0. The van der Waals surface area contributed by atoms with Crippen molar-refractivity contribution >= 4 is 11.9 Å². The van der Waals surface area contributed by atoms with E-state index in [-0.39, 0.29) is 11.8 Å². The summed E-state index contributed by atoms with van der Waals surface area (Å²) in [7, 11) is 0. The molecule has 3 aromatic heterocycles. The van der Waals surface area contributed by atoms with Gasteiger partial charge in [0.05, 0.1) is 17.0 Å². The van der Waals surface area contributed by atoms with Crippen molar-refractivity contribution in [1.29, 1.82) is 0 Å². The molecular formula is C23H26N6O2. The Bertz CT molecular complexity index is 1060. The highest BCUT2D eigenvalue weighted by Crippen LogP contribution is 2.35. The first-order chi connectivity index (χ1) is 15.2. The number of pyridine rings is 1. The number of amides is 1. The number of aryl methyl sites for hydroxylation is 1. The average molecular weight is 419 g/mol. The molecule has 31 heavy (non-hydrogen) atoms. The second-order valence-electron chi connectivity index (χ2n) is 8.30. The summed E-state index contributed by atoms with van der Waals surface area (Å²) in [4.78, 5) is 31.0. The predicted octanol–water partition coefficient (Wildman–Crippen LogP) is 3.46. The first-order valence-electron chi connectivity index (χ1n) is 10.9. The fourth-order valence-electron chi connectivity index (χ4n) is 4.48. The lowest BCUT2D eigenvalue weighted by Crippen LogP contribution is -2.40. The molecule has 3 aromatic rings. The van der Waals surface area contributed by atoms with E-state index in [1.54, 1.807) is 12.3 Å². The van der Waals surface area contributed by atoms with Crippen LogP contribution in [-0.2, 0) is 0 Å². The Kier molecular flexibility index (Phi) is 5.36. The molecule has 5 rings (SSSR count). The first-order valence-corrected chi connectivity index (χ1v) is 10.9. The van der Waals surface area contributed by atoms with E-state index in [0.29, 0.717) is 18.0 Å². The van der Waals surface area contributed by atoms with Gasteiger partial charge in [-0.25, -0.2) is 9.97 Å². The first kappa shape index (κ1) is 19.7. The summed E-state index contributed by atoms with van der Waals surface area (Å²) in [6.07, 6.45) is 7.72. The van der Waals surface area contributed by atoms with Crippen LogP contribution in [0.15, 0.2) is 41.2 Å². The molecule has 2 aliphatic rings. The molecule has 0 spiro atoms. The third-order valence-corrected chi connectivity index (χ3v) is 6.07. The Morgan fingerprint density at radius 2 is 2.00 bits per heavy atom. The number of hydrogen-bond donors (Lipinski definition) is 0. The number of rotatable bonds is 4. The fourth-order valence-corrected chi connectivity index (χ4v) is 4.48. The number of anilines is 1. The van der Waals surface area contributed by atoms with Crippen LogP contribution in [0.2, 0.25) is 0 Å². The van der Waals surface area contributed by atoms with Crippen LogP contribution in [0.25, 0.3) is 11.3 Å². The van der Waals surface area contributed by atoms with Gasteiger partial charge >= 0.3 is 0 Å². The summed E-state index contributed by atoms with van der Waals surface area (Å²) in [6.45, 7) is 5.20. The lowest BCUT2D eigenvalue weighted by Gasteiger charge is -2.33. The molecule has 1 atom stereocenters. The van der Waals surface area contributed by atoms with E-state index >= 15 is 0 Å². The van der Waals surface area contributed by atoms with Crippen LogP contribution in [0.1, 0.15) is 53.5 Å². The summed E-state index contributed by atoms with van der Waals surface area (Å²) < 4.78 is 5.56. The molecule has 160 valence electrons. The van der Waals surface area contributed by atoms with Crippen LogP contribution in [0.3, 0.4) is 0 Å². The molecule has 0 saturated carbocycles. The van der Waals surface area contributed by atoms with Crippen molar-refractivity contribution in [3.8, 4) is 11.3 Å². The van der Waals surface area contributed by atoms with Gasteiger partial charge in [-0.05, 0) is 44.7 Å². The van der Waals surface area contributed by atoms with Crippen molar-refractivity contribution in [3.63, 3.8) is 0 Å². The standard InChI is InChI=1S/C23H26N6O2/c1-16-13-20(31-27-16)18-14-25-23(28-10-4-5-11-28)26-21(18)17-7-6-12-29(15-17)22(30)19-8-2-3-9-24-19/h2-3,8-9,13-14,17H,4-7,10-12,15H2,1H3. The largest absolute Gasteiger partial charge is 0.356 e. The van der Waals surface area contributed by atoms with Gasteiger partial charge in [-0.15, -0.1) is 0 Å². The number of piperidine rings is 1. The van der Waals surface area contributed by atoms with Gasteiger partial charge in [-0.3, -0.25) is 9.78 Å². The fraction of sp³-hybridized carbons (Fsp3) is 0.435. The highest BCUT2D eigenvalue weighted by atomic mass is 16.5. The third-order valence-electron chi connectivity index (χ3n) is 6.07. The normalized spacial score (nSPS) is 19.1. The molecule has 1 amide bonds. The number of hydrogen-bond acceptors (Lipinski definition) is 7. The van der Waals surface area contributed by atoms with E-state index in [4.69, 9.17) is 9.51 Å². The lowest BCUT2D eigenvalue weighted by molar-refractivity contribution is 0.0700. The molecule has 2 saturated heterocycles. The number of carbonyl (C=O) groups excluding carboxylic acids is 1. The van der Waals surface area contributed by atoms with Gasteiger partial charge < -0.3 is 14.3 Å². The maximum Gasteiger partial charge on any atom is 0.272 e. The number of carbonyl (C=O) groups is 1. The zero-order valence-corrected chi connectivity index (χ0v) is 17.7. The molecule has 1 unspecified atom stereocenters. The smallest absolute Gasteiger partial charge is 0.272 e. The average Bonchev–Trinajstić information content (AvgIpc) is 3.51.